The van der Waals surface area contributed by atoms with Crippen LogP contribution >= 0.6 is 11.6 Å². The number of hydrogen-bond donors (Lipinski definition) is 1. The molecule has 0 aliphatic rings. The van der Waals surface area contributed by atoms with Crippen molar-refractivity contribution in [3.05, 3.63) is 53.8 Å². The quantitative estimate of drug-likeness (QED) is 0.810. The van der Waals surface area contributed by atoms with Crippen LogP contribution in [0, 0.1) is 0 Å². The Labute approximate surface area is 87.6 Å². The molecule has 3 heteroatoms. The highest BCUT2D eigenvalue weighted by atomic mass is 35.5. The summed E-state index contributed by atoms with van der Waals surface area (Å²) in [5.41, 5.74) is 1.88. The van der Waals surface area contributed by atoms with Crippen molar-refractivity contribution in [1.29, 1.82) is 0 Å². The standard InChI is InChI=1S/C11H9ClN2/c12-10-8-13-7-6-11(10)14-9-4-2-1-3-5-9/h1-8H,(H,13,14). The fourth-order valence-corrected chi connectivity index (χ4v) is 1.32. The van der Waals surface area contributed by atoms with Crippen LogP contribution < -0.4 is 5.32 Å². The van der Waals surface area contributed by atoms with Gasteiger partial charge in [0.2, 0.25) is 0 Å². The first-order chi connectivity index (χ1) is 6.86. The molecule has 1 heterocycles. The Hall–Kier alpha value is -1.54. The zero-order chi connectivity index (χ0) is 9.80. The van der Waals surface area contributed by atoms with E-state index in [4.69, 9.17) is 11.6 Å². The summed E-state index contributed by atoms with van der Waals surface area (Å²) >= 11 is 5.95. The average Bonchev–Trinajstić information content (AvgIpc) is 2.23. The summed E-state index contributed by atoms with van der Waals surface area (Å²) in [5.74, 6) is 0. The topological polar surface area (TPSA) is 24.9 Å². The first-order valence-corrected chi connectivity index (χ1v) is 4.65. The minimum Gasteiger partial charge on any atom is -0.354 e. The fourth-order valence-electron chi connectivity index (χ4n) is 1.15. The van der Waals surface area contributed by atoms with Crippen molar-refractivity contribution in [3.63, 3.8) is 0 Å². The molecule has 2 rings (SSSR count). The number of anilines is 2. The minimum atomic E-state index is 0.622. The van der Waals surface area contributed by atoms with Crippen molar-refractivity contribution in [2.75, 3.05) is 5.32 Å². The van der Waals surface area contributed by atoms with Crippen LogP contribution in [0.1, 0.15) is 0 Å². The van der Waals surface area contributed by atoms with E-state index < -0.39 is 0 Å². The Balaban J connectivity index is 2.24. The zero-order valence-electron chi connectivity index (χ0n) is 7.44. The second kappa shape index (κ2) is 4.11. The Morgan fingerprint density at radius 3 is 2.57 bits per heavy atom. The maximum Gasteiger partial charge on any atom is 0.0824 e. The molecule has 14 heavy (non-hydrogen) atoms. The molecule has 0 saturated carbocycles. The number of hydrogen-bond acceptors (Lipinski definition) is 2. The largest absolute Gasteiger partial charge is 0.354 e. The molecule has 2 nitrogen and oxygen atoms in total. The summed E-state index contributed by atoms with van der Waals surface area (Å²) < 4.78 is 0. The van der Waals surface area contributed by atoms with Crippen LogP contribution in [-0.2, 0) is 0 Å². The van der Waals surface area contributed by atoms with Gasteiger partial charge in [0, 0.05) is 18.1 Å². The Bertz CT molecular complexity index is 415. The van der Waals surface area contributed by atoms with E-state index in [0.717, 1.165) is 11.4 Å². The number of pyridine rings is 1. The zero-order valence-corrected chi connectivity index (χ0v) is 8.20. The van der Waals surface area contributed by atoms with Gasteiger partial charge in [-0.05, 0) is 18.2 Å². The molecule has 70 valence electrons. The maximum absolute atomic E-state index is 5.95. The van der Waals surface area contributed by atoms with Crippen LogP contribution in [0.3, 0.4) is 0 Å². The van der Waals surface area contributed by atoms with Crippen molar-refractivity contribution in [2.45, 2.75) is 0 Å². The van der Waals surface area contributed by atoms with E-state index in [2.05, 4.69) is 10.3 Å². The van der Waals surface area contributed by atoms with Crippen molar-refractivity contribution >= 4 is 23.0 Å². The molecule has 0 aliphatic carbocycles. The van der Waals surface area contributed by atoms with Gasteiger partial charge in [-0.3, -0.25) is 4.98 Å². The number of halogens is 1. The smallest absolute Gasteiger partial charge is 0.0824 e. The third-order valence-electron chi connectivity index (χ3n) is 1.83. The first kappa shape index (κ1) is 9.03. The summed E-state index contributed by atoms with van der Waals surface area (Å²) in [6.07, 6.45) is 3.32. The monoisotopic (exact) mass is 204 g/mol. The lowest BCUT2D eigenvalue weighted by Crippen LogP contribution is -1.90. The van der Waals surface area contributed by atoms with Crippen molar-refractivity contribution < 1.29 is 0 Å². The summed E-state index contributed by atoms with van der Waals surface area (Å²) in [5, 5.41) is 3.82. The van der Waals surface area contributed by atoms with Crippen LogP contribution in [0.15, 0.2) is 48.8 Å². The molecule has 0 saturated heterocycles. The molecule has 1 aromatic heterocycles. The summed E-state index contributed by atoms with van der Waals surface area (Å²) in [7, 11) is 0. The lowest BCUT2D eigenvalue weighted by molar-refractivity contribution is 1.32. The van der Waals surface area contributed by atoms with Gasteiger partial charge in [-0.25, -0.2) is 0 Å². The van der Waals surface area contributed by atoms with Crippen LogP contribution in [0.25, 0.3) is 0 Å². The Morgan fingerprint density at radius 2 is 1.86 bits per heavy atom. The molecule has 0 amide bonds. The van der Waals surface area contributed by atoms with Crippen LogP contribution in [-0.4, -0.2) is 4.98 Å². The van der Waals surface area contributed by atoms with E-state index in [0.29, 0.717) is 5.02 Å². The molecule has 0 atom stereocenters. The van der Waals surface area contributed by atoms with E-state index in [1.165, 1.54) is 0 Å². The van der Waals surface area contributed by atoms with E-state index in [9.17, 15) is 0 Å². The van der Waals surface area contributed by atoms with Crippen LogP contribution in [0.4, 0.5) is 11.4 Å². The van der Waals surface area contributed by atoms with Gasteiger partial charge in [-0.2, -0.15) is 0 Å². The summed E-state index contributed by atoms with van der Waals surface area (Å²) in [4.78, 5) is 3.91. The predicted molar refractivity (Wildman–Crippen MR) is 59.0 cm³/mol. The van der Waals surface area contributed by atoms with Gasteiger partial charge < -0.3 is 5.32 Å². The lowest BCUT2D eigenvalue weighted by Gasteiger charge is -2.06. The van der Waals surface area contributed by atoms with Crippen LogP contribution in [0.5, 0.6) is 0 Å². The number of para-hydroxylation sites is 1. The molecule has 0 fully saturated rings. The van der Waals surface area contributed by atoms with Gasteiger partial charge in [0.25, 0.3) is 0 Å². The minimum absolute atomic E-state index is 0.622. The number of rotatable bonds is 2. The van der Waals surface area contributed by atoms with Gasteiger partial charge in [0.15, 0.2) is 0 Å². The van der Waals surface area contributed by atoms with Crippen molar-refractivity contribution in [3.8, 4) is 0 Å². The van der Waals surface area contributed by atoms with E-state index >= 15 is 0 Å². The SMILES string of the molecule is Clc1cnccc1Nc1ccccc1. The summed E-state index contributed by atoms with van der Waals surface area (Å²) in [6, 6.07) is 11.7. The lowest BCUT2D eigenvalue weighted by atomic mass is 10.3. The van der Waals surface area contributed by atoms with Gasteiger partial charge in [-0.1, -0.05) is 29.8 Å². The molecule has 0 aliphatic heterocycles. The molecule has 0 spiro atoms. The number of benzene rings is 1. The Morgan fingerprint density at radius 1 is 1.07 bits per heavy atom. The van der Waals surface area contributed by atoms with E-state index in [1.807, 2.05) is 36.4 Å². The highest BCUT2D eigenvalue weighted by Gasteiger charge is 1.98. The summed E-state index contributed by atoms with van der Waals surface area (Å²) in [6.45, 7) is 0. The maximum atomic E-state index is 5.95. The first-order valence-electron chi connectivity index (χ1n) is 4.28. The number of nitrogens with zero attached hydrogens (tertiary/aromatic N) is 1. The number of aromatic nitrogens is 1. The molecular weight excluding hydrogens is 196 g/mol. The third kappa shape index (κ3) is 2.03. The molecule has 0 radical (unpaired) electrons. The van der Waals surface area contributed by atoms with Crippen molar-refractivity contribution in [1.82, 2.24) is 4.98 Å². The highest BCUT2D eigenvalue weighted by Crippen LogP contribution is 2.23. The normalized spacial score (nSPS) is 9.79. The van der Waals surface area contributed by atoms with Gasteiger partial charge in [0.1, 0.15) is 0 Å². The molecular formula is C11H9ClN2. The van der Waals surface area contributed by atoms with Gasteiger partial charge >= 0.3 is 0 Å². The second-order valence-corrected chi connectivity index (χ2v) is 3.25. The fraction of sp³-hybridized carbons (Fsp3) is 0. The number of nitrogens with one attached hydrogen (secondary N) is 1. The van der Waals surface area contributed by atoms with E-state index in [1.54, 1.807) is 12.4 Å². The Kier molecular flexibility index (Phi) is 2.65. The molecule has 2 aromatic rings. The van der Waals surface area contributed by atoms with Crippen LogP contribution in [0.2, 0.25) is 5.02 Å². The second-order valence-electron chi connectivity index (χ2n) is 2.85. The van der Waals surface area contributed by atoms with Gasteiger partial charge in [0.05, 0.1) is 10.7 Å². The molecule has 0 unspecified atom stereocenters. The third-order valence-corrected chi connectivity index (χ3v) is 2.13. The predicted octanol–water partition coefficient (Wildman–Crippen LogP) is 3.48. The highest BCUT2D eigenvalue weighted by molar-refractivity contribution is 6.33. The van der Waals surface area contributed by atoms with E-state index in [-0.39, 0.29) is 0 Å². The molecule has 1 N–H and O–H groups in total. The van der Waals surface area contributed by atoms with Crippen molar-refractivity contribution in [2.24, 2.45) is 0 Å². The van der Waals surface area contributed by atoms with Gasteiger partial charge in [-0.15, -0.1) is 0 Å². The molecule has 1 aromatic carbocycles. The molecule has 0 bridgehead atoms. The average molecular weight is 205 g/mol.